The van der Waals surface area contributed by atoms with Crippen LogP contribution in [0.3, 0.4) is 0 Å². The minimum absolute atomic E-state index is 0.0123. The number of carboxylic acids is 4. The van der Waals surface area contributed by atoms with Gasteiger partial charge in [0.1, 0.15) is 48.8 Å². The molecular formula is C60H68O36. The van der Waals surface area contributed by atoms with Gasteiger partial charge in [0.2, 0.25) is 0 Å². The Kier molecular flexibility index (Phi) is 30.5. The number of aliphatic hydroxyl groups excluding tert-OH is 1. The van der Waals surface area contributed by atoms with Crippen molar-refractivity contribution < 1.29 is 173 Å². The number of rotatable bonds is 26. The number of allylic oxidation sites excluding steroid dienone is 4. The smallest absolute Gasteiger partial charge is 0.331 e. The number of carbonyl (C=O) groups excluding carboxylic acids is 11. The Bertz CT molecular complexity index is 2790. The average molecular weight is 1370 g/mol. The van der Waals surface area contributed by atoms with Gasteiger partial charge in [0.15, 0.2) is 66.2 Å². The van der Waals surface area contributed by atoms with Crippen LogP contribution in [0.25, 0.3) is 0 Å². The van der Waals surface area contributed by atoms with E-state index >= 15 is 0 Å². The van der Waals surface area contributed by atoms with Crippen molar-refractivity contribution in [1.82, 2.24) is 0 Å². The quantitative estimate of drug-likeness (QED) is 0.0285. The summed E-state index contributed by atoms with van der Waals surface area (Å²) in [5.41, 5.74) is 0. The van der Waals surface area contributed by atoms with Gasteiger partial charge in [-0.3, -0.25) is 28.8 Å². The highest BCUT2D eigenvalue weighted by Crippen LogP contribution is 2.34. The van der Waals surface area contributed by atoms with E-state index in [1.54, 1.807) is 0 Å². The maximum Gasteiger partial charge on any atom is 0.331 e. The van der Waals surface area contributed by atoms with Crippen molar-refractivity contribution >= 4 is 89.0 Å². The van der Waals surface area contributed by atoms with Gasteiger partial charge in [0, 0.05) is 61.1 Å². The number of carboxylic acid groups (broad SMARTS) is 4. The first-order valence-electron chi connectivity index (χ1n) is 28.9. The van der Waals surface area contributed by atoms with Crippen LogP contribution in [0.1, 0.15) is 46.5 Å². The maximum atomic E-state index is 11.7. The summed E-state index contributed by atoms with van der Waals surface area (Å²) in [6, 6.07) is 0. The van der Waals surface area contributed by atoms with Crippen molar-refractivity contribution in [2.75, 3.05) is 52.9 Å². The van der Waals surface area contributed by atoms with Gasteiger partial charge in [-0.25, -0.2) is 43.2 Å². The molecule has 5 N–H and O–H groups in total. The molecule has 0 spiro atoms. The summed E-state index contributed by atoms with van der Waals surface area (Å²) >= 11 is 0. The third-order valence-electron chi connectivity index (χ3n) is 13.6. The zero-order valence-electron chi connectivity index (χ0n) is 51.2. The van der Waals surface area contributed by atoms with E-state index < -0.39 is 169 Å². The molecule has 0 aliphatic carbocycles. The minimum atomic E-state index is -1.27. The van der Waals surface area contributed by atoms with Crippen molar-refractivity contribution in [2.45, 2.75) is 144 Å². The van der Waals surface area contributed by atoms with Crippen molar-refractivity contribution in [1.29, 1.82) is 0 Å². The number of hydrogen-bond acceptors (Lipinski definition) is 32. The molecule has 8 fully saturated rings. The van der Waals surface area contributed by atoms with E-state index in [0.717, 1.165) is 54.7 Å². The second-order valence-electron chi connectivity index (χ2n) is 21.1. The number of ether oxygens (including phenoxy) is 16. The average Bonchev–Trinajstić information content (AvgIpc) is 1.68. The highest BCUT2D eigenvalue weighted by molar-refractivity contribution is 5.96. The molecule has 8 heterocycles. The van der Waals surface area contributed by atoms with E-state index in [1.165, 1.54) is 20.8 Å². The van der Waals surface area contributed by atoms with Crippen molar-refractivity contribution in [2.24, 2.45) is 0 Å². The first kappa shape index (κ1) is 77.0. The SMILES string of the molecule is C=C(O)CCC(=O)O[C@H]1CO[C@H]2[C@@H]1OC[C@H]2OC(=O)/C=C/C(=O)O.CC(=O)/C=C/C(=O)O[C@H]1CO[C@H]2[C@@H]1OC[C@H]2OC(=O)/C=C/C(=O)O.CC(=O)/C=C/C(=O)O[C@H]1CO[C@H]2[C@@H]1OC[C@H]2OC(=O)/C=C\C(=O)O.CC(=O)/C=C/C(=O)O[C@H]1CO[C@H]2[C@@H]1OC[C@H]2OC(=O)CCC(=O)O. The van der Waals surface area contributed by atoms with Crippen molar-refractivity contribution in [3.8, 4) is 0 Å². The molecule has 0 amide bonds. The molecule has 524 valence electrons. The molecule has 16 atom stereocenters. The number of carbonyl (C=O) groups is 15. The van der Waals surface area contributed by atoms with Crippen LogP contribution >= 0.6 is 0 Å². The Hall–Kier alpha value is -9.69. The first-order chi connectivity index (χ1) is 45.5. The fourth-order valence-corrected chi connectivity index (χ4v) is 9.54. The van der Waals surface area contributed by atoms with Crippen LogP contribution in [0.15, 0.2) is 85.3 Å². The van der Waals surface area contributed by atoms with Crippen LogP contribution in [0.4, 0.5) is 0 Å². The predicted octanol–water partition coefficient (Wildman–Crippen LogP) is -1.49. The number of hydrogen-bond donors (Lipinski definition) is 5. The van der Waals surface area contributed by atoms with Crippen molar-refractivity contribution in [3.63, 3.8) is 0 Å². The highest BCUT2D eigenvalue weighted by Gasteiger charge is 2.54. The van der Waals surface area contributed by atoms with E-state index in [1.807, 2.05) is 0 Å². The van der Waals surface area contributed by atoms with Crippen molar-refractivity contribution in [3.05, 3.63) is 85.3 Å². The Morgan fingerprint density at radius 2 is 0.479 bits per heavy atom. The molecule has 0 aromatic carbocycles. The molecule has 96 heavy (non-hydrogen) atoms. The first-order valence-corrected chi connectivity index (χ1v) is 28.9. The number of aliphatic hydroxyl groups is 1. The maximum absolute atomic E-state index is 11.7. The third kappa shape index (κ3) is 25.9. The Labute approximate surface area is 543 Å². The fourth-order valence-electron chi connectivity index (χ4n) is 9.54. The van der Waals surface area contributed by atoms with Gasteiger partial charge < -0.3 is 101 Å². The lowest BCUT2D eigenvalue weighted by Crippen LogP contribution is -2.35. The van der Waals surface area contributed by atoms with E-state index in [2.05, 4.69) is 6.58 Å². The molecule has 36 heteroatoms. The summed E-state index contributed by atoms with van der Waals surface area (Å²) < 4.78 is 84.7. The number of esters is 8. The van der Waals surface area contributed by atoms with Crippen LogP contribution in [0, 0.1) is 0 Å². The zero-order chi connectivity index (χ0) is 70.8. The molecule has 0 radical (unpaired) electrons. The minimum Gasteiger partial charge on any atom is -0.513 e. The molecule has 8 aliphatic rings. The van der Waals surface area contributed by atoms with Gasteiger partial charge in [-0.05, 0) is 39.0 Å². The van der Waals surface area contributed by atoms with Crippen LogP contribution in [0.2, 0.25) is 0 Å². The van der Waals surface area contributed by atoms with Gasteiger partial charge in [-0.1, -0.05) is 6.58 Å². The van der Waals surface area contributed by atoms with E-state index in [-0.39, 0.29) is 102 Å². The molecule has 8 aliphatic heterocycles. The summed E-state index contributed by atoms with van der Waals surface area (Å²) in [4.78, 5) is 166. The van der Waals surface area contributed by atoms with Gasteiger partial charge in [0.25, 0.3) is 0 Å². The predicted molar refractivity (Wildman–Crippen MR) is 305 cm³/mol. The summed E-state index contributed by atoms with van der Waals surface area (Å²) in [6.45, 7) is 7.72. The van der Waals surface area contributed by atoms with Gasteiger partial charge in [-0.2, -0.15) is 0 Å². The molecule has 0 aromatic heterocycles. The highest BCUT2D eigenvalue weighted by atomic mass is 16.7. The molecule has 0 saturated carbocycles. The Balaban J connectivity index is 0.000000231. The van der Waals surface area contributed by atoms with E-state index in [4.69, 9.17) is 101 Å². The number of fused-ring (bicyclic) bond motifs is 4. The van der Waals surface area contributed by atoms with E-state index in [0.29, 0.717) is 18.2 Å². The second kappa shape index (κ2) is 38.0. The summed E-state index contributed by atoms with van der Waals surface area (Å²) in [5, 5.41) is 42.9. The normalized spacial score (nSPS) is 28.7. The second-order valence-corrected chi connectivity index (χ2v) is 21.1. The topological polar surface area (TPSA) is 505 Å². The molecule has 8 rings (SSSR count). The largest absolute Gasteiger partial charge is 0.513 e. The van der Waals surface area contributed by atoms with Crippen LogP contribution in [-0.2, 0) is 148 Å². The summed E-state index contributed by atoms with van der Waals surface area (Å²) in [6.07, 6.45) is 0.0285. The molecule has 36 nitrogen and oxygen atoms in total. The Morgan fingerprint density at radius 1 is 0.292 bits per heavy atom. The molecular weight excluding hydrogens is 1300 g/mol. The van der Waals surface area contributed by atoms with Crippen LogP contribution < -0.4 is 0 Å². The summed E-state index contributed by atoms with van der Waals surface area (Å²) in [5.74, 6) is -11.6. The van der Waals surface area contributed by atoms with Gasteiger partial charge in [0.05, 0.1) is 77.9 Å². The Morgan fingerprint density at radius 3 is 0.656 bits per heavy atom. The molecule has 8 saturated heterocycles. The molecule has 0 aromatic rings. The lowest BCUT2D eigenvalue weighted by molar-refractivity contribution is -0.156. The monoisotopic (exact) mass is 1360 g/mol. The van der Waals surface area contributed by atoms with Gasteiger partial charge >= 0.3 is 71.6 Å². The number of ketones is 3. The standard InChI is InChI=1S/2C15H18O9.2C15H16O9/c4*1-8(16)2-4-12(19)23-9-6-21-15-10(7-22-14(9)15)24-13(20)5-3-11(17)18/h2,4,9-10,14-15H,3,5-7H2,1H3,(H,17,18);3,5,9-10,14-16H,1-2,4,6-7H2,(H,17,18);2*2-5,9-10,14-15H,6-7H2,1H3,(H,17,18)/b4-2+;5-3+;4-2+,5-3+;4-2+,5-3-/t4*9-,10+,14+,15+/m0000/s1. The molecule has 0 bridgehead atoms. The van der Waals surface area contributed by atoms with Crippen LogP contribution in [-0.4, -0.2) is 265 Å². The lowest BCUT2D eigenvalue weighted by Gasteiger charge is -2.17. The van der Waals surface area contributed by atoms with E-state index in [9.17, 15) is 71.9 Å². The fraction of sp³-hybridized carbons (Fsp3) is 0.517. The third-order valence-corrected chi connectivity index (χ3v) is 13.6. The summed E-state index contributed by atoms with van der Waals surface area (Å²) in [7, 11) is 0. The zero-order valence-corrected chi connectivity index (χ0v) is 51.2. The molecule has 0 unspecified atom stereocenters. The number of aliphatic carboxylic acids is 4. The van der Waals surface area contributed by atoms with Gasteiger partial charge in [-0.15, -0.1) is 0 Å². The lowest BCUT2D eigenvalue weighted by atomic mass is 10.1. The van der Waals surface area contributed by atoms with Crippen LogP contribution in [0.5, 0.6) is 0 Å².